The van der Waals surface area contributed by atoms with Crippen LogP contribution in [-0.2, 0) is 0 Å². The molecule has 1 aromatic heterocycles. The van der Waals surface area contributed by atoms with E-state index < -0.39 is 11.7 Å². The molecule has 0 aliphatic rings. The maximum Gasteiger partial charge on any atom is 0.348 e. The van der Waals surface area contributed by atoms with Gasteiger partial charge in [0.15, 0.2) is 17.3 Å². The topological polar surface area (TPSA) is 150 Å². The quantitative estimate of drug-likeness (QED) is 0.190. The van der Waals surface area contributed by atoms with Crippen LogP contribution < -0.4 is 35.7 Å². The van der Waals surface area contributed by atoms with Gasteiger partial charge in [0.05, 0.1) is 28.4 Å². The van der Waals surface area contributed by atoms with Crippen molar-refractivity contribution in [2.75, 3.05) is 33.8 Å². The van der Waals surface area contributed by atoms with Crippen molar-refractivity contribution in [1.29, 1.82) is 5.41 Å². The predicted octanol–water partition coefficient (Wildman–Crippen LogP) is 3.08. The van der Waals surface area contributed by atoms with E-state index in [0.29, 0.717) is 51.3 Å². The molecule has 0 bridgehead atoms. The Balaban J connectivity index is 1.86. The second-order valence-corrected chi connectivity index (χ2v) is 7.93. The van der Waals surface area contributed by atoms with Gasteiger partial charge in [0.1, 0.15) is 23.3 Å². The third-order valence-electron chi connectivity index (χ3n) is 5.75. The summed E-state index contributed by atoms with van der Waals surface area (Å²) in [6, 6.07) is 17.1. The largest absolute Gasteiger partial charge is 0.494 e. The van der Waals surface area contributed by atoms with E-state index in [0.717, 1.165) is 0 Å². The molecule has 0 aliphatic carbocycles. The van der Waals surface area contributed by atoms with Gasteiger partial charge in [-0.15, -0.1) is 5.10 Å². The molecule has 1 atom stereocenters. The zero-order chi connectivity index (χ0) is 26.5. The van der Waals surface area contributed by atoms with Crippen LogP contribution >= 0.6 is 0 Å². The van der Waals surface area contributed by atoms with Gasteiger partial charge in [-0.1, -0.05) is 12.1 Å². The van der Waals surface area contributed by atoms with E-state index in [1.807, 2.05) is 6.07 Å². The lowest BCUT2D eigenvalue weighted by Gasteiger charge is -2.21. The lowest BCUT2D eigenvalue weighted by molar-refractivity contribution is 0.323. The summed E-state index contributed by atoms with van der Waals surface area (Å²) in [4.78, 5) is 15.9. The minimum atomic E-state index is -0.638. The molecular weight excluding hydrogens is 476 g/mol. The highest BCUT2D eigenvalue weighted by molar-refractivity contribution is 5.95. The second kappa shape index (κ2) is 10.8. The molecular formula is C26H28N6O5. The first-order chi connectivity index (χ1) is 17.9. The SMILES string of the molecule is COc1ccccc1-n1nc(C(Nc2ccc(C(=N)N)cc2)c2cc(OC)c(OC)c(OC)c2)[nH]c1=O. The fourth-order valence-corrected chi connectivity index (χ4v) is 3.93. The number of hydrogen-bond donors (Lipinski definition) is 4. The molecule has 0 radical (unpaired) electrons. The van der Waals surface area contributed by atoms with E-state index in [2.05, 4.69) is 15.4 Å². The van der Waals surface area contributed by atoms with Gasteiger partial charge in [0.2, 0.25) is 5.75 Å². The molecule has 3 aromatic carbocycles. The van der Waals surface area contributed by atoms with Crippen molar-refractivity contribution in [3.05, 3.63) is 88.1 Å². The summed E-state index contributed by atoms with van der Waals surface area (Å²) in [6.07, 6.45) is 0. The number of ether oxygens (including phenoxy) is 4. The number of aromatic nitrogens is 3. The molecule has 11 nitrogen and oxygen atoms in total. The summed E-state index contributed by atoms with van der Waals surface area (Å²) in [6.45, 7) is 0. The van der Waals surface area contributed by atoms with Crippen LogP contribution in [0.3, 0.4) is 0 Å². The number of nitrogens with two attached hydrogens (primary N) is 1. The lowest BCUT2D eigenvalue weighted by atomic mass is 10.0. The predicted molar refractivity (Wildman–Crippen MR) is 140 cm³/mol. The van der Waals surface area contributed by atoms with Gasteiger partial charge in [0.25, 0.3) is 0 Å². The zero-order valence-corrected chi connectivity index (χ0v) is 20.9. The van der Waals surface area contributed by atoms with Gasteiger partial charge >= 0.3 is 5.69 Å². The normalized spacial score (nSPS) is 11.5. The van der Waals surface area contributed by atoms with Crippen LogP contribution in [0.25, 0.3) is 5.69 Å². The number of nitrogen functional groups attached to an aromatic ring is 1. The van der Waals surface area contributed by atoms with Crippen molar-refractivity contribution in [3.63, 3.8) is 0 Å². The second-order valence-electron chi connectivity index (χ2n) is 7.93. The van der Waals surface area contributed by atoms with Gasteiger partial charge in [-0.05, 0) is 54.1 Å². The minimum absolute atomic E-state index is 0.0346. The molecule has 0 spiro atoms. The summed E-state index contributed by atoms with van der Waals surface area (Å²) in [5.41, 5.74) is 7.63. The summed E-state index contributed by atoms with van der Waals surface area (Å²) in [7, 11) is 6.12. The number of H-pyrrole nitrogens is 1. The van der Waals surface area contributed by atoms with E-state index >= 15 is 0 Å². The summed E-state index contributed by atoms with van der Waals surface area (Å²) in [5, 5.41) is 15.6. The van der Waals surface area contributed by atoms with Gasteiger partial charge in [-0.25, -0.2) is 4.79 Å². The molecule has 4 rings (SSSR count). The molecule has 192 valence electrons. The Morgan fingerprint density at radius 3 is 2.14 bits per heavy atom. The first-order valence-electron chi connectivity index (χ1n) is 11.2. The molecule has 0 saturated carbocycles. The zero-order valence-electron chi connectivity index (χ0n) is 20.9. The Hall–Kier alpha value is -4.93. The highest BCUT2D eigenvalue weighted by atomic mass is 16.5. The van der Waals surface area contributed by atoms with Gasteiger partial charge in [-0.3, -0.25) is 10.4 Å². The van der Waals surface area contributed by atoms with Crippen molar-refractivity contribution < 1.29 is 18.9 Å². The Bertz CT molecular complexity index is 1440. The van der Waals surface area contributed by atoms with Crippen molar-refractivity contribution in [2.45, 2.75) is 6.04 Å². The first-order valence-corrected chi connectivity index (χ1v) is 11.2. The Morgan fingerprint density at radius 2 is 1.57 bits per heavy atom. The van der Waals surface area contributed by atoms with E-state index in [9.17, 15) is 4.79 Å². The minimum Gasteiger partial charge on any atom is -0.494 e. The maximum absolute atomic E-state index is 13.0. The Kier molecular flexibility index (Phi) is 7.33. The molecule has 1 unspecified atom stereocenters. The molecule has 1 heterocycles. The maximum atomic E-state index is 13.0. The lowest BCUT2D eigenvalue weighted by Crippen LogP contribution is -2.16. The fourth-order valence-electron chi connectivity index (χ4n) is 3.93. The number of anilines is 1. The van der Waals surface area contributed by atoms with Crippen LogP contribution in [0.4, 0.5) is 5.69 Å². The third-order valence-corrected chi connectivity index (χ3v) is 5.75. The molecule has 0 saturated heterocycles. The standard InChI is InChI=1S/C26H28N6O5/c1-34-19-8-6-5-7-18(19)32-26(33)30-25(31-32)22(29-17-11-9-15(10-12-17)24(27)28)16-13-20(35-2)23(37-4)21(14-16)36-3/h5-14,22,29H,1-4H3,(H3,27,28)(H,30,31,33). The number of hydrogen-bond acceptors (Lipinski definition) is 8. The number of nitrogens with zero attached hydrogens (tertiary/aromatic N) is 2. The number of para-hydroxylation sites is 2. The summed E-state index contributed by atoms with van der Waals surface area (Å²) in [5.74, 6) is 2.13. The fraction of sp³-hybridized carbons (Fsp3) is 0.192. The molecule has 37 heavy (non-hydrogen) atoms. The van der Waals surface area contributed by atoms with Crippen LogP contribution in [0.15, 0.2) is 65.5 Å². The Morgan fingerprint density at radius 1 is 0.946 bits per heavy atom. The number of nitrogens with one attached hydrogen (secondary N) is 3. The number of benzene rings is 3. The molecule has 11 heteroatoms. The van der Waals surface area contributed by atoms with Crippen molar-refractivity contribution in [1.82, 2.24) is 14.8 Å². The summed E-state index contributed by atoms with van der Waals surface area (Å²) < 4.78 is 23.2. The molecule has 0 fully saturated rings. The van der Waals surface area contributed by atoms with Crippen LogP contribution in [0, 0.1) is 5.41 Å². The van der Waals surface area contributed by atoms with Crippen molar-refractivity contribution in [3.8, 4) is 28.7 Å². The third kappa shape index (κ3) is 5.06. The van der Waals surface area contributed by atoms with Crippen LogP contribution in [0.5, 0.6) is 23.0 Å². The van der Waals surface area contributed by atoms with Gasteiger partial charge in [-0.2, -0.15) is 4.68 Å². The van der Waals surface area contributed by atoms with Crippen LogP contribution in [-0.4, -0.2) is 49.0 Å². The first kappa shape index (κ1) is 25.2. The van der Waals surface area contributed by atoms with Crippen molar-refractivity contribution >= 4 is 11.5 Å². The monoisotopic (exact) mass is 504 g/mol. The highest BCUT2D eigenvalue weighted by Gasteiger charge is 2.25. The van der Waals surface area contributed by atoms with E-state index in [1.54, 1.807) is 54.6 Å². The highest BCUT2D eigenvalue weighted by Crippen LogP contribution is 2.41. The van der Waals surface area contributed by atoms with E-state index in [1.165, 1.54) is 33.1 Å². The number of methoxy groups -OCH3 is 4. The molecule has 5 N–H and O–H groups in total. The Labute approximate surface area is 213 Å². The van der Waals surface area contributed by atoms with E-state index in [4.69, 9.17) is 30.1 Å². The number of aromatic amines is 1. The van der Waals surface area contributed by atoms with Gasteiger partial charge < -0.3 is 30.0 Å². The van der Waals surface area contributed by atoms with Crippen LogP contribution in [0.2, 0.25) is 0 Å². The van der Waals surface area contributed by atoms with Crippen LogP contribution in [0.1, 0.15) is 23.0 Å². The molecule has 4 aromatic rings. The molecule has 0 amide bonds. The summed E-state index contributed by atoms with van der Waals surface area (Å²) >= 11 is 0. The number of amidine groups is 1. The van der Waals surface area contributed by atoms with Gasteiger partial charge in [0, 0.05) is 11.3 Å². The average Bonchev–Trinajstić information content (AvgIpc) is 3.31. The van der Waals surface area contributed by atoms with Crippen molar-refractivity contribution in [2.24, 2.45) is 5.73 Å². The molecule has 0 aliphatic heterocycles. The number of rotatable bonds is 10. The average molecular weight is 505 g/mol. The smallest absolute Gasteiger partial charge is 0.348 e. The van der Waals surface area contributed by atoms with E-state index in [-0.39, 0.29) is 5.84 Å².